The molecule has 0 fully saturated rings. The fourth-order valence-corrected chi connectivity index (χ4v) is 4.02. The fraction of sp³-hybridized carbons (Fsp3) is 0.200. The van der Waals surface area contributed by atoms with E-state index in [9.17, 15) is 4.79 Å². The molecule has 0 aliphatic carbocycles. The summed E-state index contributed by atoms with van der Waals surface area (Å²) in [6.45, 7) is 1.18. The van der Waals surface area contributed by atoms with Crippen molar-refractivity contribution in [2.75, 3.05) is 18.6 Å². The second-order valence-electron chi connectivity index (χ2n) is 7.50. The molecule has 2 aromatic carbocycles. The summed E-state index contributed by atoms with van der Waals surface area (Å²) in [6.07, 6.45) is 4.06. The number of carbonyl (C=O) groups excluding carboxylic acids is 1. The SMILES string of the molecule is COc1cccc(Cc2nsc(N(CC(=O)NCc3cccnc3)Cc3ccccc3)n2)c1. The molecule has 8 heteroatoms. The highest BCUT2D eigenvalue weighted by Crippen LogP contribution is 2.22. The summed E-state index contributed by atoms with van der Waals surface area (Å²) in [4.78, 5) is 23.5. The first-order valence-corrected chi connectivity index (χ1v) is 11.4. The lowest BCUT2D eigenvalue weighted by Gasteiger charge is -2.21. The normalized spacial score (nSPS) is 10.6. The molecule has 0 atom stereocenters. The van der Waals surface area contributed by atoms with Crippen molar-refractivity contribution < 1.29 is 9.53 Å². The van der Waals surface area contributed by atoms with Crippen LogP contribution in [0.2, 0.25) is 0 Å². The number of amides is 1. The van der Waals surface area contributed by atoms with Gasteiger partial charge < -0.3 is 15.0 Å². The zero-order valence-corrected chi connectivity index (χ0v) is 19.2. The van der Waals surface area contributed by atoms with Crippen molar-refractivity contribution in [1.82, 2.24) is 19.7 Å². The van der Waals surface area contributed by atoms with Crippen molar-refractivity contribution in [2.24, 2.45) is 0 Å². The van der Waals surface area contributed by atoms with Crippen LogP contribution in [0.5, 0.6) is 5.75 Å². The minimum Gasteiger partial charge on any atom is -0.497 e. The molecule has 0 spiro atoms. The van der Waals surface area contributed by atoms with Gasteiger partial charge in [0.15, 0.2) is 0 Å². The van der Waals surface area contributed by atoms with Crippen LogP contribution in [0.15, 0.2) is 79.1 Å². The van der Waals surface area contributed by atoms with Crippen LogP contribution in [0.4, 0.5) is 5.13 Å². The number of hydrogen-bond acceptors (Lipinski definition) is 7. The number of pyridine rings is 1. The second kappa shape index (κ2) is 11.2. The number of nitrogens with zero attached hydrogens (tertiary/aromatic N) is 4. The number of anilines is 1. The summed E-state index contributed by atoms with van der Waals surface area (Å²) in [7, 11) is 1.65. The molecule has 1 amide bonds. The number of benzene rings is 2. The van der Waals surface area contributed by atoms with E-state index >= 15 is 0 Å². The van der Waals surface area contributed by atoms with E-state index < -0.39 is 0 Å². The third-order valence-electron chi connectivity index (χ3n) is 4.99. The standard InChI is InChI=1S/C25H25N5O2S/c1-32-22-11-5-9-20(13-22)14-23-28-25(33-29-23)30(17-19-7-3-2-4-8-19)18-24(31)27-16-21-10-6-12-26-15-21/h2-13,15H,14,16-18H2,1H3,(H,27,31). The Balaban J connectivity index is 1.46. The van der Waals surface area contributed by atoms with Gasteiger partial charge in [0.2, 0.25) is 11.0 Å². The molecule has 2 heterocycles. The average Bonchev–Trinajstić information content (AvgIpc) is 3.32. The zero-order valence-electron chi connectivity index (χ0n) is 18.3. The van der Waals surface area contributed by atoms with Crippen LogP contribution in [0.1, 0.15) is 22.5 Å². The molecule has 0 saturated heterocycles. The summed E-state index contributed by atoms with van der Waals surface area (Å²) in [5.41, 5.74) is 3.13. The number of ether oxygens (including phenoxy) is 1. The lowest BCUT2D eigenvalue weighted by Crippen LogP contribution is -2.36. The van der Waals surface area contributed by atoms with E-state index in [2.05, 4.69) is 14.7 Å². The van der Waals surface area contributed by atoms with Gasteiger partial charge in [-0.3, -0.25) is 9.78 Å². The maximum Gasteiger partial charge on any atom is 0.239 e. The minimum atomic E-state index is -0.0840. The van der Waals surface area contributed by atoms with Crippen molar-refractivity contribution in [3.8, 4) is 5.75 Å². The lowest BCUT2D eigenvalue weighted by molar-refractivity contribution is -0.119. The lowest BCUT2D eigenvalue weighted by atomic mass is 10.1. The Labute approximate surface area is 197 Å². The zero-order chi connectivity index (χ0) is 22.9. The largest absolute Gasteiger partial charge is 0.497 e. The molecule has 0 aliphatic rings. The van der Waals surface area contributed by atoms with E-state index in [1.54, 1.807) is 19.5 Å². The van der Waals surface area contributed by atoms with Crippen LogP contribution < -0.4 is 15.0 Å². The average molecular weight is 460 g/mol. The van der Waals surface area contributed by atoms with Gasteiger partial charge in [0.1, 0.15) is 11.6 Å². The minimum absolute atomic E-state index is 0.0840. The van der Waals surface area contributed by atoms with Crippen LogP contribution >= 0.6 is 11.5 Å². The molecule has 168 valence electrons. The van der Waals surface area contributed by atoms with E-state index in [1.807, 2.05) is 71.6 Å². The Morgan fingerprint density at radius 2 is 1.85 bits per heavy atom. The smallest absolute Gasteiger partial charge is 0.239 e. The maximum absolute atomic E-state index is 12.7. The van der Waals surface area contributed by atoms with Gasteiger partial charge in [-0.05, 0) is 34.9 Å². The molecule has 2 aromatic heterocycles. The van der Waals surface area contributed by atoms with E-state index in [0.717, 1.165) is 28.3 Å². The van der Waals surface area contributed by atoms with Gasteiger partial charge in [-0.15, -0.1) is 0 Å². The predicted octanol–water partition coefficient (Wildman–Crippen LogP) is 3.86. The third kappa shape index (κ3) is 6.60. The third-order valence-corrected chi connectivity index (χ3v) is 5.80. The molecular formula is C25H25N5O2S. The van der Waals surface area contributed by atoms with Crippen LogP contribution in [-0.4, -0.2) is 33.9 Å². The Bertz CT molecular complexity index is 1170. The van der Waals surface area contributed by atoms with Gasteiger partial charge in [0, 0.05) is 43.4 Å². The van der Waals surface area contributed by atoms with E-state index in [-0.39, 0.29) is 12.5 Å². The Morgan fingerprint density at radius 3 is 2.64 bits per heavy atom. The first-order valence-electron chi connectivity index (χ1n) is 10.6. The number of rotatable bonds is 10. The van der Waals surface area contributed by atoms with E-state index in [4.69, 9.17) is 9.72 Å². The Morgan fingerprint density at radius 1 is 1.03 bits per heavy atom. The molecule has 4 aromatic rings. The summed E-state index contributed by atoms with van der Waals surface area (Å²) in [5.74, 6) is 1.44. The van der Waals surface area contributed by atoms with Gasteiger partial charge in [-0.25, -0.2) is 4.98 Å². The Hall–Kier alpha value is -3.78. The second-order valence-corrected chi connectivity index (χ2v) is 8.23. The van der Waals surface area contributed by atoms with E-state index in [1.165, 1.54) is 11.5 Å². The fourth-order valence-electron chi connectivity index (χ4n) is 3.34. The van der Waals surface area contributed by atoms with Crippen LogP contribution in [-0.2, 0) is 24.3 Å². The summed E-state index contributed by atoms with van der Waals surface area (Å²) in [6, 6.07) is 21.7. The van der Waals surface area contributed by atoms with Crippen molar-refractivity contribution >= 4 is 22.6 Å². The molecular weight excluding hydrogens is 434 g/mol. The topological polar surface area (TPSA) is 80.2 Å². The molecule has 0 aliphatic heterocycles. The molecule has 33 heavy (non-hydrogen) atoms. The maximum atomic E-state index is 12.7. The Kier molecular flexibility index (Phi) is 7.60. The van der Waals surface area contributed by atoms with E-state index in [0.29, 0.717) is 24.6 Å². The highest BCUT2D eigenvalue weighted by atomic mass is 32.1. The molecule has 0 radical (unpaired) electrons. The van der Waals surface area contributed by atoms with Crippen molar-refractivity contribution in [3.05, 3.63) is 102 Å². The van der Waals surface area contributed by atoms with Gasteiger partial charge >= 0.3 is 0 Å². The number of nitrogens with one attached hydrogen (secondary N) is 1. The number of hydrogen-bond donors (Lipinski definition) is 1. The van der Waals surface area contributed by atoms with Gasteiger partial charge in [0.25, 0.3) is 0 Å². The molecule has 1 N–H and O–H groups in total. The number of methoxy groups -OCH3 is 1. The number of aromatic nitrogens is 3. The first kappa shape index (κ1) is 22.4. The quantitative estimate of drug-likeness (QED) is 0.388. The summed E-state index contributed by atoms with van der Waals surface area (Å²) in [5, 5.41) is 3.68. The van der Waals surface area contributed by atoms with Crippen molar-refractivity contribution in [3.63, 3.8) is 0 Å². The highest BCUT2D eigenvalue weighted by molar-refractivity contribution is 7.09. The van der Waals surface area contributed by atoms with Crippen molar-refractivity contribution in [1.29, 1.82) is 0 Å². The van der Waals surface area contributed by atoms with Crippen molar-refractivity contribution in [2.45, 2.75) is 19.5 Å². The van der Waals surface area contributed by atoms with Crippen LogP contribution in [0.3, 0.4) is 0 Å². The molecule has 0 bridgehead atoms. The summed E-state index contributed by atoms with van der Waals surface area (Å²) < 4.78 is 9.84. The van der Waals surface area contributed by atoms with Crippen LogP contribution in [0, 0.1) is 0 Å². The van der Waals surface area contributed by atoms with Gasteiger partial charge in [-0.1, -0.05) is 48.5 Å². The number of carbonyl (C=O) groups is 1. The monoisotopic (exact) mass is 459 g/mol. The molecule has 7 nitrogen and oxygen atoms in total. The predicted molar refractivity (Wildman–Crippen MR) is 129 cm³/mol. The molecule has 0 saturated carbocycles. The summed E-state index contributed by atoms with van der Waals surface area (Å²) >= 11 is 1.31. The molecule has 4 rings (SSSR count). The highest BCUT2D eigenvalue weighted by Gasteiger charge is 2.17. The van der Waals surface area contributed by atoms with Gasteiger partial charge in [0.05, 0.1) is 13.7 Å². The van der Waals surface area contributed by atoms with Gasteiger partial charge in [-0.2, -0.15) is 4.37 Å². The van der Waals surface area contributed by atoms with Crippen LogP contribution in [0.25, 0.3) is 0 Å². The first-order chi connectivity index (χ1) is 16.2. The molecule has 0 unspecified atom stereocenters.